The summed E-state index contributed by atoms with van der Waals surface area (Å²) in [6, 6.07) is 14.1. The summed E-state index contributed by atoms with van der Waals surface area (Å²) in [7, 11) is 0. The third-order valence-corrected chi connectivity index (χ3v) is 4.68. The predicted octanol–water partition coefficient (Wildman–Crippen LogP) is 6.14. The zero-order chi connectivity index (χ0) is 19.1. The summed E-state index contributed by atoms with van der Waals surface area (Å²) in [4.78, 5) is 13.3. The van der Waals surface area contributed by atoms with E-state index in [-0.39, 0.29) is 5.56 Å². The van der Waals surface area contributed by atoms with E-state index in [4.69, 9.17) is 4.42 Å². The van der Waals surface area contributed by atoms with Crippen LogP contribution >= 0.6 is 0 Å². The van der Waals surface area contributed by atoms with Gasteiger partial charge in [0.1, 0.15) is 0 Å². The Hall–Kier alpha value is -2.81. The summed E-state index contributed by atoms with van der Waals surface area (Å²) in [5.74, 6) is 0. The average Bonchev–Trinajstić information content (AvgIpc) is 3.22. The van der Waals surface area contributed by atoms with Gasteiger partial charge < -0.3 is 8.98 Å². The maximum Gasteiger partial charge on any atom is 0.258 e. The normalized spacial score (nSPS) is 11.7. The summed E-state index contributed by atoms with van der Waals surface area (Å²) >= 11 is 0. The van der Waals surface area contributed by atoms with Crippen molar-refractivity contribution in [2.45, 2.75) is 46.1 Å². The molecule has 2 heterocycles. The molecule has 0 amide bonds. The second kappa shape index (κ2) is 9.22. The molecule has 3 heteroatoms. The number of benzene rings is 1. The standard InChI is InChI=1S/C24H27NO2/c1-3-5-12-20(9-4-2)23-15-22(21-13-14-27-18-21)17-25(24(23)26)16-19-10-7-6-8-11-19/h6-8,10-15,17-18H,3-5,9,16H2,1-2H3/b20-12+. The van der Waals surface area contributed by atoms with Crippen LogP contribution in [0.25, 0.3) is 16.7 Å². The lowest BCUT2D eigenvalue weighted by molar-refractivity contribution is 0.568. The summed E-state index contributed by atoms with van der Waals surface area (Å²) in [6.07, 6.45) is 11.6. The second-order valence-electron chi connectivity index (χ2n) is 6.84. The van der Waals surface area contributed by atoms with E-state index < -0.39 is 0 Å². The molecular weight excluding hydrogens is 334 g/mol. The number of allylic oxidation sites excluding steroid dienone is 2. The molecule has 0 aliphatic heterocycles. The number of hydrogen-bond donors (Lipinski definition) is 0. The van der Waals surface area contributed by atoms with Crippen LogP contribution in [0.1, 0.15) is 50.7 Å². The smallest absolute Gasteiger partial charge is 0.258 e. The lowest BCUT2D eigenvalue weighted by Gasteiger charge is -2.14. The Morgan fingerprint density at radius 3 is 2.56 bits per heavy atom. The van der Waals surface area contributed by atoms with E-state index in [0.717, 1.165) is 53.5 Å². The molecule has 0 radical (unpaired) electrons. The van der Waals surface area contributed by atoms with E-state index >= 15 is 0 Å². The van der Waals surface area contributed by atoms with Gasteiger partial charge in [0.15, 0.2) is 0 Å². The fourth-order valence-corrected chi connectivity index (χ4v) is 3.28. The van der Waals surface area contributed by atoms with Crippen molar-refractivity contribution in [3.05, 3.63) is 88.7 Å². The number of pyridine rings is 1. The topological polar surface area (TPSA) is 35.1 Å². The lowest BCUT2D eigenvalue weighted by atomic mass is 9.98. The fourth-order valence-electron chi connectivity index (χ4n) is 3.28. The molecule has 0 atom stereocenters. The molecule has 0 saturated carbocycles. The molecule has 0 aliphatic rings. The summed E-state index contributed by atoms with van der Waals surface area (Å²) < 4.78 is 7.09. The number of hydrogen-bond acceptors (Lipinski definition) is 2. The highest BCUT2D eigenvalue weighted by atomic mass is 16.3. The van der Waals surface area contributed by atoms with Crippen LogP contribution in [0.15, 0.2) is 76.5 Å². The van der Waals surface area contributed by atoms with Gasteiger partial charge in [0.2, 0.25) is 0 Å². The van der Waals surface area contributed by atoms with Crippen LogP contribution in [0, 0.1) is 0 Å². The van der Waals surface area contributed by atoms with Crippen molar-refractivity contribution in [1.82, 2.24) is 4.57 Å². The van der Waals surface area contributed by atoms with Gasteiger partial charge in [-0.05, 0) is 36.1 Å². The van der Waals surface area contributed by atoms with Crippen molar-refractivity contribution in [2.75, 3.05) is 0 Å². The van der Waals surface area contributed by atoms with Gasteiger partial charge in [-0.25, -0.2) is 0 Å². The Morgan fingerprint density at radius 1 is 1.07 bits per heavy atom. The van der Waals surface area contributed by atoms with Crippen LogP contribution in [-0.2, 0) is 6.54 Å². The first-order valence-corrected chi connectivity index (χ1v) is 9.73. The van der Waals surface area contributed by atoms with Crippen molar-refractivity contribution in [2.24, 2.45) is 0 Å². The van der Waals surface area contributed by atoms with Gasteiger partial charge in [0, 0.05) is 22.9 Å². The van der Waals surface area contributed by atoms with Gasteiger partial charge in [0.25, 0.3) is 5.56 Å². The molecule has 0 bridgehead atoms. The highest BCUT2D eigenvalue weighted by Gasteiger charge is 2.13. The van der Waals surface area contributed by atoms with Crippen LogP contribution in [0.2, 0.25) is 0 Å². The minimum atomic E-state index is 0.0712. The first-order valence-electron chi connectivity index (χ1n) is 9.73. The Kier molecular flexibility index (Phi) is 6.48. The Labute approximate surface area is 161 Å². The van der Waals surface area contributed by atoms with E-state index in [9.17, 15) is 4.79 Å². The molecule has 0 unspecified atom stereocenters. The molecule has 27 heavy (non-hydrogen) atoms. The van der Waals surface area contributed by atoms with Gasteiger partial charge in [0.05, 0.1) is 19.1 Å². The van der Waals surface area contributed by atoms with Gasteiger partial charge in [-0.1, -0.05) is 63.1 Å². The highest BCUT2D eigenvalue weighted by Crippen LogP contribution is 2.25. The quantitative estimate of drug-likeness (QED) is 0.483. The zero-order valence-corrected chi connectivity index (χ0v) is 16.2. The molecule has 0 aliphatic carbocycles. The van der Waals surface area contributed by atoms with E-state index in [1.54, 1.807) is 12.5 Å². The van der Waals surface area contributed by atoms with Crippen LogP contribution in [0.4, 0.5) is 0 Å². The molecule has 3 rings (SSSR count). The summed E-state index contributed by atoms with van der Waals surface area (Å²) in [6.45, 7) is 4.88. The van der Waals surface area contributed by atoms with Crippen LogP contribution in [0.3, 0.4) is 0 Å². The molecular formula is C24H27NO2. The number of rotatable bonds is 8. The molecule has 3 aromatic rings. The van der Waals surface area contributed by atoms with Crippen molar-refractivity contribution >= 4 is 5.57 Å². The summed E-state index contributed by atoms with van der Waals surface area (Å²) in [5, 5.41) is 0. The van der Waals surface area contributed by atoms with Crippen LogP contribution < -0.4 is 5.56 Å². The Bertz CT molecular complexity index is 934. The molecule has 0 N–H and O–H groups in total. The predicted molar refractivity (Wildman–Crippen MR) is 112 cm³/mol. The second-order valence-corrected chi connectivity index (χ2v) is 6.84. The number of nitrogens with zero attached hydrogens (tertiary/aromatic N) is 1. The minimum Gasteiger partial charge on any atom is -0.472 e. The molecule has 1 aromatic carbocycles. The van der Waals surface area contributed by atoms with Crippen molar-refractivity contribution in [1.29, 1.82) is 0 Å². The fraction of sp³-hybridized carbons (Fsp3) is 0.292. The average molecular weight is 361 g/mol. The van der Waals surface area contributed by atoms with E-state index in [0.29, 0.717) is 6.54 Å². The third kappa shape index (κ3) is 4.68. The van der Waals surface area contributed by atoms with Crippen LogP contribution in [-0.4, -0.2) is 4.57 Å². The highest BCUT2D eigenvalue weighted by molar-refractivity contribution is 5.71. The molecule has 2 aromatic heterocycles. The summed E-state index contributed by atoms with van der Waals surface area (Å²) in [5.41, 5.74) is 5.14. The van der Waals surface area contributed by atoms with Crippen LogP contribution in [0.5, 0.6) is 0 Å². The molecule has 0 saturated heterocycles. The lowest BCUT2D eigenvalue weighted by Crippen LogP contribution is -2.24. The first-order chi connectivity index (χ1) is 13.2. The Balaban J connectivity index is 2.12. The van der Waals surface area contributed by atoms with Crippen molar-refractivity contribution in [3.8, 4) is 11.1 Å². The van der Waals surface area contributed by atoms with Gasteiger partial charge in [-0.2, -0.15) is 0 Å². The molecule has 0 fully saturated rings. The maximum absolute atomic E-state index is 13.3. The number of unbranched alkanes of at least 4 members (excludes halogenated alkanes) is 1. The third-order valence-electron chi connectivity index (χ3n) is 4.68. The minimum absolute atomic E-state index is 0.0712. The largest absolute Gasteiger partial charge is 0.472 e. The van der Waals surface area contributed by atoms with E-state index in [1.165, 1.54) is 0 Å². The van der Waals surface area contributed by atoms with E-state index in [2.05, 4.69) is 32.1 Å². The zero-order valence-electron chi connectivity index (χ0n) is 16.2. The molecule has 3 nitrogen and oxygen atoms in total. The van der Waals surface area contributed by atoms with Gasteiger partial charge in [-0.15, -0.1) is 0 Å². The van der Waals surface area contributed by atoms with Crippen molar-refractivity contribution in [3.63, 3.8) is 0 Å². The Morgan fingerprint density at radius 2 is 1.89 bits per heavy atom. The number of furan rings is 1. The maximum atomic E-state index is 13.3. The van der Waals surface area contributed by atoms with Gasteiger partial charge in [-0.3, -0.25) is 4.79 Å². The monoisotopic (exact) mass is 361 g/mol. The van der Waals surface area contributed by atoms with E-state index in [1.807, 2.05) is 41.1 Å². The SMILES string of the molecule is CCC/C=C(\CCC)c1cc(-c2ccoc2)cn(Cc2ccccc2)c1=O. The molecule has 140 valence electrons. The number of aromatic nitrogens is 1. The van der Waals surface area contributed by atoms with Gasteiger partial charge >= 0.3 is 0 Å². The van der Waals surface area contributed by atoms with Crippen molar-refractivity contribution < 1.29 is 4.42 Å². The first kappa shape index (κ1) is 19.0. The molecule has 0 spiro atoms.